The van der Waals surface area contributed by atoms with Crippen LogP contribution in [0.4, 0.5) is 5.69 Å². The summed E-state index contributed by atoms with van der Waals surface area (Å²) in [4.78, 5) is 28.0. The highest BCUT2D eigenvalue weighted by atomic mass is 16.6. The third-order valence-corrected chi connectivity index (χ3v) is 1.42. The van der Waals surface area contributed by atoms with Crippen molar-refractivity contribution < 1.29 is 14.6 Å². The lowest BCUT2D eigenvalue weighted by Crippen LogP contribution is -2.16. The first kappa shape index (κ1) is 9.86. The van der Waals surface area contributed by atoms with Crippen molar-refractivity contribution in [2.75, 3.05) is 0 Å². The molecule has 0 aliphatic rings. The molecule has 0 aromatic carbocycles. The second-order valence-corrected chi connectivity index (χ2v) is 2.29. The van der Waals surface area contributed by atoms with Gasteiger partial charge in [-0.25, -0.2) is 4.98 Å². The van der Waals surface area contributed by atoms with Crippen molar-refractivity contribution in [2.24, 2.45) is 11.6 Å². The van der Waals surface area contributed by atoms with Crippen LogP contribution in [0.1, 0.15) is 10.4 Å². The molecule has 8 nitrogen and oxygen atoms in total. The van der Waals surface area contributed by atoms with Crippen LogP contribution < -0.4 is 16.5 Å². The number of hydrogen-bond acceptors (Lipinski definition) is 6. The van der Waals surface area contributed by atoms with E-state index in [4.69, 9.17) is 11.6 Å². The van der Waals surface area contributed by atoms with E-state index in [0.29, 0.717) is 0 Å². The van der Waals surface area contributed by atoms with Crippen molar-refractivity contribution in [3.05, 3.63) is 27.9 Å². The molecule has 0 spiro atoms. The lowest BCUT2D eigenvalue weighted by atomic mass is 10.2. The van der Waals surface area contributed by atoms with Gasteiger partial charge < -0.3 is 10.6 Å². The monoisotopic (exact) mass is 198 g/mol. The molecular weight excluding hydrogens is 192 g/mol. The Morgan fingerprint density at radius 3 is 2.71 bits per heavy atom. The van der Waals surface area contributed by atoms with Gasteiger partial charge in [-0.15, -0.1) is 0 Å². The predicted octanol–water partition coefficient (Wildman–Crippen LogP) is -0.659. The smallest absolute Gasteiger partial charge is 0.288 e. The largest absolute Gasteiger partial charge is 0.390 e. The third-order valence-electron chi connectivity index (χ3n) is 1.42. The van der Waals surface area contributed by atoms with Gasteiger partial charge in [0.25, 0.3) is 17.5 Å². The van der Waals surface area contributed by atoms with E-state index in [2.05, 4.69) is 9.82 Å². The van der Waals surface area contributed by atoms with E-state index < -0.39 is 10.8 Å². The van der Waals surface area contributed by atoms with Gasteiger partial charge in [0.1, 0.15) is 11.8 Å². The van der Waals surface area contributed by atoms with E-state index >= 15 is 0 Å². The molecule has 1 heterocycles. The summed E-state index contributed by atoms with van der Waals surface area (Å²) >= 11 is 0. The molecule has 0 radical (unpaired) electrons. The molecule has 0 unspecified atom stereocenters. The van der Waals surface area contributed by atoms with E-state index in [9.17, 15) is 14.9 Å². The summed E-state index contributed by atoms with van der Waals surface area (Å²) in [7, 11) is 0. The molecule has 8 heteroatoms. The summed E-state index contributed by atoms with van der Waals surface area (Å²) in [5, 5.41) is 10.3. The molecule has 1 amide bonds. The zero-order valence-corrected chi connectivity index (χ0v) is 6.84. The lowest BCUT2D eigenvalue weighted by molar-refractivity contribution is -0.385. The summed E-state index contributed by atoms with van der Waals surface area (Å²) in [6.07, 6.45) is 0.911. The van der Waals surface area contributed by atoms with Gasteiger partial charge in [0.15, 0.2) is 0 Å². The second kappa shape index (κ2) is 3.66. The summed E-state index contributed by atoms with van der Waals surface area (Å²) in [5.41, 5.74) is 4.33. The molecule has 1 aromatic heterocycles. The van der Waals surface area contributed by atoms with E-state index in [0.717, 1.165) is 12.3 Å². The number of aromatic nitrogens is 1. The number of rotatable bonds is 3. The summed E-state index contributed by atoms with van der Waals surface area (Å²) in [6.45, 7) is 0. The van der Waals surface area contributed by atoms with Crippen molar-refractivity contribution in [1.29, 1.82) is 0 Å². The van der Waals surface area contributed by atoms with Gasteiger partial charge in [0.2, 0.25) is 0 Å². The number of primary amides is 1. The Morgan fingerprint density at radius 1 is 1.64 bits per heavy atom. The SMILES string of the molecule is NOc1ncc([N+](=O)[O-])cc1C(N)=O. The summed E-state index contributed by atoms with van der Waals surface area (Å²) in [5.74, 6) is 3.63. The number of carbonyl (C=O) groups is 1. The highest BCUT2D eigenvalue weighted by molar-refractivity contribution is 5.95. The molecule has 0 bridgehead atoms. The minimum atomic E-state index is -0.901. The summed E-state index contributed by atoms with van der Waals surface area (Å²) < 4.78 is 0. The molecule has 0 aliphatic carbocycles. The van der Waals surface area contributed by atoms with Gasteiger partial charge in [-0.1, -0.05) is 0 Å². The number of nitrogens with two attached hydrogens (primary N) is 2. The average molecular weight is 198 g/mol. The molecule has 0 saturated carbocycles. The van der Waals surface area contributed by atoms with E-state index in [1.165, 1.54) is 0 Å². The van der Waals surface area contributed by atoms with Crippen LogP contribution in [-0.2, 0) is 0 Å². The fourth-order valence-electron chi connectivity index (χ4n) is 0.811. The predicted molar refractivity (Wildman–Crippen MR) is 44.2 cm³/mol. The number of hydrogen-bond donors (Lipinski definition) is 2. The normalized spacial score (nSPS) is 9.50. The van der Waals surface area contributed by atoms with E-state index in [1.807, 2.05) is 0 Å². The second-order valence-electron chi connectivity index (χ2n) is 2.29. The maximum atomic E-state index is 10.8. The zero-order valence-electron chi connectivity index (χ0n) is 6.84. The third kappa shape index (κ3) is 1.75. The molecule has 4 N–H and O–H groups in total. The fraction of sp³-hybridized carbons (Fsp3) is 0. The molecular formula is C6H6N4O4. The summed E-state index contributed by atoms with van der Waals surface area (Å²) in [6, 6.07) is 0.942. The Bertz CT molecular complexity index is 391. The van der Waals surface area contributed by atoms with Gasteiger partial charge >= 0.3 is 0 Å². The topological polar surface area (TPSA) is 134 Å². The Hall–Kier alpha value is -2.22. The number of pyridine rings is 1. The first-order chi connectivity index (χ1) is 6.56. The minimum Gasteiger partial charge on any atom is -0.390 e. The van der Waals surface area contributed by atoms with Gasteiger partial charge in [-0.3, -0.25) is 14.9 Å². The van der Waals surface area contributed by atoms with Gasteiger partial charge in [-0.2, -0.15) is 5.90 Å². The van der Waals surface area contributed by atoms with Crippen molar-refractivity contribution >= 4 is 11.6 Å². The van der Waals surface area contributed by atoms with Crippen LogP contribution in [0.2, 0.25) is 0 Å². The fourth-order valence-corrected chi connectivity index (χ4v) is 0.811. The van der Waals surface area contributed by atoms with Crippen LogP contribution in [0.3, 0.4) is 0 Å². The molecule has 1 aromatic rings. The van der Waals surface area contributed by atoms with Crippen LogP contribution in [0.15, 0.2) is 12.3 Å². The van der Waals surface area contributed by atoms with Gasteiger partial charge in [0, 0.05) is 6.07 Å². The minimum absolute atomic E-state index is 0.235. The molecule has 74 valence electrons. The molecule has 1 rings (SSSR count). The highest BCUT2D eigenvalue weighted by Gasteiger charge is 2.16. The molecule has 0 saturated heterocycles. The van der Waals surface area contributed by atoms with E-state index in [1.54, 1.807) is 0 Å². The Morgan fingerprint density at radius 2 is 2.29 bits per heavy atom. The quantitative estimate of drug-likeness (QED) is 0.489. The molecule has 0 aliphatic heterocycles. The zero-order chi connectivity index (χ0) is 10.7. The number of nitrogens with zero attached hydrogens (tertiary/aromatic N) is 2. The Kier molecular flexibility index (Phi) is 2.58. The molecule has 0 atom stereocenters. The Labute approximate surface area is 77.6 Å². The lowest BCUT2D eigenvalue weighted by Gasteiger charge is -2.01. The number of carbonyl (C=O) groups excluding carboxylic acids is 1. The first-order valence-electron chi connectivity index (χ1n) is 3.37. The molecule has 14 heavy (non-hydrogen) atoms. The van der Waals surface area contributed by atoms with Crippen LogP contribution in [-0.4, -0.2) is 15.8 Å². The van der Waals surface area contributed by atoms with Crippen molar-refractivity contribution in [3.8, 4) is 5.88 Å². The van der Waals surface area contributed by atoms with Crippen molar-refractivity contribution in [3.63, 3.8) is 0 Å². The van der Waals surface area contributed by atoms with Gasteiger partial charge in [0.05, 0.1) is 4.92 Å². The number of nitro groups is 1. The Balaban J connectivity index is 3.27. The standard InChI is InChI=1S/C6H6N4O4/c7-5(11)4-1-3(10(12)13)2-9-6(4)14-8/h1-2H,8H2,(H2,7,11). The average Bonchev–Trinajstić information content (AvgIpc) is 2.16. The van der Waals surface area contributed by atoms with Crippen molar-refractivity contribution in [2.45, 2.75) is 0 Å². The van der Waals surface area contributed by atoms with Crippen LogP contribution in [0, 0.1) is 10.1 Å². The highest BCUT2D eigenvalue weighted by Crippen LogP contribution is 2.19. The maximum Gasteiger partial charge on any atom is 0.288 e. The first-order valence-corrected chi connectivity index (χ1v) is 3.37. The van der Waals surface area contributed by atoms with E-state index in [-0.39, 0.29) is 17.1 Å². The van der Waals surface area contributed by atoms with Crippen LogP contribution in [0.5, 0.6) is 5.88 Å². The van der Waals surface area contributed by atoms with Crippen LogP contribution >= 0.6 is 0 Å². The van der Waals surface area contributed by atoms with Gasteiger partial charge in [-0.05, 0) is 0 Å². The molecule has 0 fully saturated rings. The number of amides is 1. The maximum absolute atomic E-state index is 10.8. The van der Waals surface area contributed by atoms with Crippen molar-refractivity contribution in [1.82, 2.24) is 4.98 Å². The van der Waals surface area contributed by atoms with Crippen LogP contribution in [0.25, 0.3) is 0 Å².